The second-order valence-electron chi connectivity index (χ2n) is 5.61. The van der Waals surface area contributed by atoms with E-state index in [1.165, 1.54) is 0 Å². The number of urea groups is 1. The number of ether oxygens (including phenoxy) is 1. The van der Waals surface area contributed by atoms with Gasteiger partial charge in [0.15, 0.2) is 0 Å². The Morgan fingerprint density at radius 1 is 1.32 bits per heavy atom. The summed E-state index contributed by atoms with van der Waals surface area (Å²) in [5.74, 6) is 0.754. The summed E-state index contributed by atoms with van der Waals surface area (Å²) in [6.07, 6.45) is 4.28. The molecule has 2 amide bonds. The van der Waals surface area contributed by atoms with Gasteiger partial charge in [-0.3, -0.25) is 0 Å². The zero-order valence-electron chi connectivity index (χ0n) is 13.0. The Labute approximate surface area is 118 Å². The molecule has 4 heteroatoms. The molecule has 1 aliphatic heterocycles. The van der Waals surface area contributed by atoms with Gasteiger partial charge in [-0.1, -0.05) is 20.8 Å². The Hall–Kier alpha value is -0.770. The van der Waals surface area contributed by atoms with E-state index < -0.39 is 0 Å². The first kappa shape index (κ1) is 16.3. The van der Waals surface area contributed by atoms with Crippen molar-refractivity contribution < 1.29 is 9.53 Å². The minimum absolute atomic E-state index is 0.206. The summed E-state index contributed by atoms with van der Waals surface area (Å²) >= 11 is 0. The summed E-state index contributed by atoms with van der Waals surface area (Å²) in [4.78, 5) is 16.7. The van der Waals surface area contributed by atoms with E-state index in [2.05, 4.69) is 20.8 Å². The van der Waals surface area contributed by atoms with Crippen LogP contribution in [0.25, 0.3) is 0 Å². The van der Waals surface area contributed by atoms with Crippen molar-refractivity contribution in [3.8, 4) is 0 Å². The van der Waals surface area contributed by atoms with E-state index in [4.69, 9.17) is 4.74 Å². The first-order valence-corrected chi connectivity index (χ1v) is 7.68. The number of nitrogens with zero attached hydrogens (tertiary/aromatic N) is 2. The van der Waals surface area contributed by atoms with Gasteiger partial charge in [0, 0.05) is 32.8 Å². The molecule has 1 rings (SSSR count). The van der Waals surface area contributed by atoms with Crippen molar-refractivity contribution in [2.75, 3.05) is 33.4 Å². The molecule has 1 fully saturated rings. The highest BCUT2D eigenvalue weighted by atomic mass is 16.5. The van der Waals surface area contributed by atoms with Crippen LogP contribution in [-0.4, -0.2) is 55.2 Å². The van der Waals surface area contributed by atoms with E-state index in [9.17, 15) is 4.79 Å². The van der Waals surface area contributed by atoms with Crippen molar-refractivity contribution in [1.29, 1.82) is 0 Å². The normalized spacial score (nSPS) is 17.0. The number of hydrogen-bond donors (Lipinski definition) is 0. The Kier molecular flexibility index (Phi) is 7.21. The molecule has 0 aromatic heterocycles. The third kappa shape index (κ3) is 4.68. The van der Waals surface area contributed by atoms with Crippen molar-refractivity contribution in [3.05, 3.63) is 0 Å². The molecule has 112 valence electrons. The van der Waals surface area contributed by atoms with E-state index in [0.717, 1.165) is 44.7 Å². The molecule has 0 aromatic rings. The number of hydrogen-bond acceptors (Lipinski definition) is 2. The lowest BCUT2D eigenvalue weighted by atomic mass is 9.99. The van der Waals surface area contributed by atoms with Crippen molar-refractivity contribution in [1.82, 2.24) is 9.80 Å². The third-order valence-corrected chi connectivity index (χ3v) is 4.22. The Morgan fingerprint density at radius 3 is 2.37 bits per heavy atom. The molecule has 0 aliphatic carbocycles. The number of carbonyl (C=O) groups excluding carboxylic acids is 1. The molecule has 0 unspecified atom stereocenters. The molecule has 0 N–H and O–H groups in total. The van der Waals surface area contributed by atoms with Gasteiger partial charge < -0.3 is 14.5 Å². The fraction of sp³-hybridized carbons (Fsp3) is 0.933. The van der Waals surface area contributed by atoms with E-state index in [1.807, 2.05) is 9.80 Å². The van der Waals surface area contributed by atoms with Gasteiger partial charge in [-0.05, 0) is 31.6 Å². The summed E-state index contributed by atoms with van der Waals surface area (Å²) in [6.45, 7) is 9.71. The second kappa shape index (κ2) is 8.41. The first-order valence-electron chi connectivity index (χ1n) is 7.68. The monoisotopic (exact) mass is 270 g/mol. The Bertz CT molecular complexity index is 259. The van der Waals surface area contributed by atoms with Gasteiger partial charge in [0.05, 0.1) is 6.61 Å². The number of piperidine rings is 1. The highest BCUT2D eigenvalue weighted by Gasteiger charge is 2.27. The standard InChI is InChI=1S/C15H30N2O2/c1-5-14(6-2)17(11-12-19-4)15(18)16-9-7-13(3)8-10-16/h13-14H,5-12H2,1-4H3. The van der Waals surface area contributed by atoms with Crippen molar-refractivity contribution in [2.45, 2.75) is 52.5 Å². The topological polar surface area (TPSA) is 32.8 Å². The zero-order chi connectivity index (χ0) is 14.3. The van der Waals surface area contributed by atoms with Gasteiger partial charge >= 0.3 is 6.03 Å². The Balaban J connectivity index is 2.64. The molecule has 0 radical (unpaired) electrons. The summed E-state index contributed by atoms with van der Waals surface area (Å²) in [5, 5.41) is 0. The van der Waals surface area contributed by atoms with Crippen LogP contribution in [0.3, 0.4) is 0 Å². The highest BCUT2D eigenvalue weighted by Crippen LogP contribution is 2.19. The van der Waals surface area contributed by atoms with E-state index in [-0.39, 0.29) is 6.03 Å². The van der Waals surface area contributed by atoms with Crippen LogP contribution in [0.1, 0.15) is 46.5 Å². The average molecular weight is 270 g/mol. The van der Waals surface area contributed by atoms with Gasteiger partial charge in [-0.25, -0.2) is 4.79 Å². The molecule has 1 aliphatic rings. The molecule has 0 bridgehead atoms. The van der Waals surface area contributed by atoms with Crippen LogP contribution in [-0.2, 0) is 4.74 Å². The van der Waals surface area contributed by atoms with Crippen molar-refractivity contribution in [2.24, 2.45) is 5.92 Å². The van der Waals surface area contributed by atoms with Gasteiger partial charge in [-0.2, -0.15) is 0 Å². The fourth-order valence-electron chi connectivity index (χ4n) is 2.74. The summed E-state index contributed by atoms with van der Waals surface area (Å²) in [6, 6.07) is 0.541. The van der Waals surface area contributed by atoms with Crippen molar-refractivity contribution in [3.63, 3.8) is 0 Å². The average Bonchev–Trinajstić information content (AvgIpc) is 2.43. The molecule has 0 atom stereocenters. The van der Waals surface area contributed by atoms with E-state index in [1.54, 1.807) is 7.11 Å². The van der Waals surface area contributed by atoms with Crippen LogP contribution < -0.4 is 0 Å². The third-order valence-electron chi connectivity index (χ3n) is 4.22. The van der Waals surface area contributed by atoms with Gasteiger partial charge in [0.2, 0.25) is 0 Å². The second-order valence-corrected chi connectivity index (χ2v) is 5.61. The van der Waals surface area contributed by atoms with E-state index >= 15 is 0 Å². The largest absolute Gasteiger partial charge is 0.383 e. The molecule has 1 saturated heterocycles. The van der Waals surface area contributed by atoms with Crippen molar-refractivity contribution >= 4 is 6.03 Å². The number of methoxy groups -OCH3 is 1. The van der Waals surface area contributed by atoms with Gasteiger partial charge in [0.1, 0.15) is 0 Å². The molecule has 0 spiro atoms. The predicted octanol–water partition coefficient (Wildman–Crippen LogP) is 2.98. The lowest BCUT2D eigenvalue weighted by Crippen LogP contribution is -2.51. The number of carbonyl (C=O) groups is 1. The fourth-order valence-corrected chi connectivity index (χ4v) is 2.74. The van der Waals surface area contributed by atoms with Gasteiger partial charge in [-0.15, -0.1) is 0 Å². The summed E-state index contributed by atoms with van der Waals surface area (Å²) in [5.41, 5.74) is 0. The lowest BCUT2D eigenvalue weighted by molar-refractivity contribution is 0.0931. The minimum Gasteiger partial charge on any atom is -0.383 e. The maximum atomic E-state index is 12.7. The SMILES string of the molecule is CCC(CC)N(CCOC)C(=O)N1CCC(C)CC1. The molecule has 19 heavy (non-hydrogen) atoms. The zero-order valence-corrected chi connectivity index (χ0v) is 13.0. The van der Waals surface area contributed by atoms with Gasteiger partial charge in [0.25, 0.3) is 0 Å². The summed E-state index contributed by atoms with van der Waals surface area (Å²) in [7, 11) is 1.69. The van der Waals surface area contributed by atoms with Crippen LogP contribution >= 0.6 is 0 Å². The molecule has 0 aromatic carbocycles. The molecular formula is C15H30N2O2. The van der Waals surface area contributed by atoms with Crippen LogP contribution in [0.2, 0.25) is 0 Å². The molecule has 1 heterocycles. The quantitative estimate of drug-likeness (QED) is 0.743. The number of rotatable bonds is 6. The number of amides is 2. The number of likely N-dealkylation sites (tertiary alicyclic amines) is 1. The molecule has 0 saturated carbocycles. The van der Waals surface area contributed by atoms with Crippen LogP contribution in [0.5, 0.6) is 0 Å². The maximum Gasteiger partial charge on any atom is 0.320 e. The first-order chi connectivity index (χ1) is 9.13. The van der Waals surface area contributed by atoms with Crippen LogP contribution in [0.4, 0.5) is 4.79 Å². The molecular weight excluding hydrogens is 240 g/mol. The smallest absolute Gasteiger partial charge is 0.320 e. The minimum atomic E-state index is 0.206. The Morgan fingerprint density at radius 2 is 1.89 bits per heavy atom. The predicted molar refractivity (Wildman–Crippen MR) is 78.3 cm³/mol. The molecule has 4 nitrogen and oxygen atoms in total. The summed E-state index contributed by atoms with van der Waals surface area (Å²) < 4.78 is 5.15. The lowest BCUT2D eigenvalue weighted by Gasteiger charge is -2.38. The van der Waals surface area contributed by atoms with Crippen LogP contribution in [0, 0.1) is 5.92 Å². The maximum absolute atomic E-state index is 12.7. The van der Waals surface area contributed by atoms with Crippen LogP contribution in [0.15, 0.2) is 0 Å². The highest BCUT2D eigenvalue weighted by molar-refractivity contribution is 5.75. The van der Waals surface area contributed by atoms with E-state index in [0.29, 0.717) is 19.2 Å².